The number of carbonyl (C=O) groups is 1. The Morgan fingerprint density at radius 2 is 1.86 bits per heavy atom. The number of fused-ring (bicyclic) bond motifs is 1. The lowest BCUT2D eigenvalue weighted by atomic mass is 10.0. The molecule has 1 aliphatic rings. The molecule has 3 rings (SSSR count). The molecular formula is C15H15NO5S. The van der Waals surface area contributed by atoms with E-state index in [4.69, 9.17) is 9.52 Å². The smallest absolute Gasteiger partial charge is 0.335 e. The Morgan fingerprint density at radius 3 is 2.50 bits per heavy atom. The van der Waals surface area contributed by atoms with Crippen LogP contribution in [0.4, 0.5) is 0 Å². The van der Waals surface area contributed by atoms with Gasteiger partial charge in [-0.3, -0.25) is 0 Å². The van der Waals surface area contributed by atoms with Gasteiger partial charge in [-0.05, 0) is 42.2 Å². The summed E-state index contributed by atoms with van der Waals surface area (Å²) in [5, 5.41) is 9.05. The SMILES string of the molecule is O=C(O)c1ccc2c(c1)CCN(S(=O)(=O)c1ccoc1)CC2. The van der Waals surface area contributed by atoms with E-state index in [1.165, 1.54) is 22.9 Å². The van der Waals surface area contributed by atoms with E-state index >= 15 is 0 Å². The lowest BCUT2D eigenvalue weighted by Crippen LogP contribution is -2.33. The average molecular weight is 321 g/mol. The quantitative estimate of drug-likeness (QED) is 0.931. The van der Waals surface area contributed by atoms with Gasteiger partial charge in [0.15, 0.2) is 0 Å². The fourth-order valence-electron chi connectivity index (χ4n) is 2.63. The summed E-state index contributed by atoms with van der Waals surface area (Å²) in [6.07, 6.45) is 3.61. The Balaban J connectivity index is 1.86. The van der Waals surface area contributed by atoms with Gasteiger partial charge in [0.25, 0.3) is 0 Å². The molecule has 0 unspecified atom stereocenters. The number of carboxylic acids is 1. The van der Waals surface area contributed by atoms with Gasteiger partial charge in [0.2, 0.25) is 10.0 Å². The van der Waals surface area contributed by atoms with Crippen molar-refractivity contribution in [2.24, 2.45) is 0 Å². The number of carboxylic acid groups (broad SMARTS) is 1. The normalized spacial score (nSPS) is 16.0. The molecule has 1 N–H and O–H groups in total. The number of furan rings is 1. The predicted octanol–water partition coefficient (Wildman–Crippen LogP) is 1.77. The van der Waals surface area contributed by atoms with E-state index in [1.807, 2.05) is 0 Å². The molecule has 0 aliphatic carbocycles. The van der Waals surface area contributed by atoms with Crippen LogP contribution in [0.1, 0.15) is 21.5 Å². The van der Waals surface area contributed by atoms with E-state index in [1.54, 1.807) is 18.2 Å². The second-order valence-corrected chi connectivity index (χ2v) is 7.09. The van der Waals surface area contributed by atoms with Crippen molar-refractivity contribution in [2.45, 2.75) is 17.7 Å². The van der Waals surface area contributed by atoms with Crippen molar-refractivity contribution in [3.8, 4) is 0 Å². The van der Waals surface area contributed by atoms with Crippen molar-refractivity contribution in [1.29, 1.82) is 0 Å². The molecule has 6 nitrogen and oxygen atoms in total. The summed E-state index contributed by atoms with van der Waals surface area (Å²) >= 11 is 0. The van der Waals surface area contributed by atoms with Gasteiger partial charge in [0.1, 0.15) is 11.2 Å². The first-order valence-electron chi connectivity index (χ1n) is 6.86. The Kier molecular flexibility index (Phi) is 3.76. The second-order valence-electron chi connectivity index (χ2n) is 5.15. The molecule has 0 spiro atoms. The van der Waals surface area contributed by atoms with Crippen molar-refractivity contribution < 1.29 is 22.7 Å². The van der Waals surface area contributed by atoms with Gasteiger partial charge >= 0.3 is 5.97 Å². The van der Waals surface area contributed by atoms with E-state index in [-0.39, 0.29) is 10.5 Å². The lowest BCUT2D eigenvalue weighted by Gasteiger charge is -2.18. The maximum Gasteiger partial charge on any atom is 0.335 e. The summed E-state index contributed by atoms with van der Waals surface area (Å²) in [4.78, 5) is 11.2. The maximum atomic E-state index is 12.5. The van der Waals surface area contributed by atoms with Gasteiger partial charge in [-0.15, -0.1) is 0 Å². The number of hydrogen-bond acceptors (Lipinski definition) is 4. The van der Waals surface area contributed by atoms with Crippen molar-refractivity contribution in [3.63, 3.8) is 0 Å². The molecule has 0 atom stereocenters. The number of hydrogen-bond donors (Lipinski definition) is 1. The Hall–Kier alpha value is -2.12. The molecule has 0 amide bonds. The van der Waals surface area contributed by atoms with Crippen molar-refractivity contribution in [2.75, 3.05) is 13.1 Å². The van der Waals surface area contributed by atoms with Crippen LogP contribution < -0.4 is 0 Å². The zero-order valence-corrected chi connectivity index (χ0v) is 12.5. The highest BCUT2D eigenvalue weighted by Crippen LogP contribution is 2.22. The molecule has 1 aromatic heterocycles. The number of nitrogens with zero attached hydrogens (tertiary/aromatic N) is 1. The highest BCUT2D eigenvalue weighted by Gasteiger charge is 2.27. The van der Waals surface area contributed by atoms with Crippen LogP contribution in [0.3, 0.4) is 0 Å². The van der Waals surface area contributed by atoms with E-state index in [9.17, 15) is 13.2 Å². The second kappa shape index (κ2) is 5.58. The third-order valence-electron chi connectivity index (χ3n) is 3.85. The first-order chi connectivity index (χ1) is 10.5. The van der Waals surface area contributed by atoms with Gasteiger partial charge in [0.05, 0.1) is 11.8 Å². The zero-order valence-electron chi connectivity index (χ0n) is 11.7. The molecule has 1 aromatic carbocycles. The number of benzene rings is 1. The van der Waals surface area contributed by atoms with Gasteiger partial charge in [-0.1, -0.05) is 6.07 Å². The van der Waals surface area contributed by atoms with Crippen LogP contribution >= 0.6 is 0 Å². The molecule has 0 radical (unpaired) electrons. The minimum atomic E-state index is -3.56. The third kappa shape index (κ3) is 2.65. The minimum Gasteiger partial charge on any atom is -0.478 e. The van der Waals surface area contributed by atoms with Gasteiger partial charge in [0, 0.05) is 13.1 Å². The Bertz CT molecular complexity index is 795. The summed E-state index contributed by atoms with van der Waals surface area (Å²) in [7, 11) is -3.56. The van der Waals surface area contributed by atoms with Gasteiger partial charge in [-0.2, -0.15) is 4.31 Å². The molecule has 2 aromatic rings. The fraction of sp³-hybridized carbons (Fsp3) is 0.267. The first kappa shape index (κ1) is 14.8. The molecule has 116 valence electrons. The molecule has 22 heavy (non-hydrogen) atoms. The van der Waals surface area contributed by atoms with Gasteiger partial charge in [-0.25, -0.2) is 13.2 Å². The lowest BCUT2D eigenvalue weighted by molar-refractivity contribution is 0.0696. The van der Waals surface area contributed by atoms with E-state index in [2.05, 4.69) is 0 Å². The number of aromatic carboxylic acids is 1. The Labute approximate surface area is 128 Å². The highest BCUT2D eigenvalue weighted by atomic mass is 32.2. The number of sulfonamides is 1. The van der Waals surface area contributed by atoms with E-state index < -0.39 is 16.0 Å². The molecule has 2 heterocycles. The molecular weight excluding hydrogens is 306 g/mol. The molecule has 1 aliphatic heterocycles. The predicted molar refractivity (Wildman–Crippen MR) is 78.3 cm³/mol. The van der Waals surface area contributed by atoms with Crippen LogP contribution in [-0.4, -0.2) is 36.9 Å². The molecule has 7 heteroatoms. The summed E-state index contributed by atoms with van der Waals surface area (Å²) in [6, 6.07) is 6.38. The summed E-state index contributed by atoms with van der Waals surface area (Å²) in [6.45, 7) is 0.691. The first-order valence-corrected chi connectivity index (χ1v) is 8.30. The van der Waals surface area contributed by atoms with Gasteiger partial charge < -0.3 is 9.52 Å². The minimum absolute atomic E-state index is 0.143. The van der Waals surface area contributed by atoms with Crippen molar-refractivity contribution >= 4 is 16.0 Å². The number of rotatable bonds is 3. The topological polar surface area (TPSA) is 87.8 Å². The van der Waals surface area contributed by atoms with Crippen molar-refractivity contribution in [3.05, 3.63) is 53.5 Å². The molecule has 0 saturated heterocycles. The van der Waals surface area contributed by atoms with Crippen LogP contribution in [0.15, 0.2) is 46.1 Å². The van der Waals surface area contributed by atoms with Crippen LogP contribution in [0.2, 0.25) is 0 Å². The van der Waals surface area contributed by atoms with Crippen LogP contribution in [-0.2, 0) is 22.9 Å². The van der Waals surface area contributed by atoms with Crippen LogP contribution in [0, 0.1) is 0 Å². The average Bonchev–Trinajstić information content (AvgIpc) is 2.94. The summed E-state index contributed by atoms with van der Waals surface area (Å²) in [5.74, 6) is -0.977. The van der Waals surface area contributed by atoms with E-state index in [0.29, 0.717) is 25.9 Å². The van der Waals surface area contributed by atoms with E-state index in [0.717, 1.165) is 11.1 Å². The monoisotopic (exact) mass is 321 g/mol. The zero-order chi connectivity index (χ0) is 15.7. The van der Waals surface area contributed by atoms with Crippen LogP contribution in [0.25, 0.3) is 0 Å². The maximum absolute atomic E-state index is 12.5. The molecule has 0 saturated carbocycles. The van der Waals surface area contributed by atoms with Crippen molar-refractivity contribution in [1.82, 2.24) is 4.31 Å². The standard InChI is InChI=1S/C15H15NO5S/c17-15(18)13-2-1-11-3-6-16(7-4-12(11)9-13)22(19,20)14-5-8-21-10-14/h1-2,5,8-10H,3-4,6-7H2,(H,17,18). The van der Waals surface area contributed by atoms with Crippen LogP contribution in [0.5, 0.6) is 0 Å². The third-order valence-corrected chi connectivity index (χ3v) is 5.72. The Morgan fingerprint density at radius 1 is 1.14 bits per heavy atom. The largest absolute Gasteiger partial charge is 0.478 e. The molecule has 0 bridgehead atoms. The summed E-state index contributed by atoms with van der Waals surface area (Å²) in [5.41, 5.74) is 2.12. The fourth-order valence-corrected chi connectivity index (χ4v) is 3.99. The highest BCUT2D eigenvalue weighted by molar-refractivity contribution is 7.89. The molecule has 0 fully saturated rings. The summed E-state index contributed by atoms with van der Waals surface area (Å²) < 4.78 is 31.3.